The van der Waals surface area contributed by atoms with Crippen molar-refractivity contribution in [2.24, 2.45) is 0 Å². The van der Waals surface area contributed by atoms with Crippen LogP contribution in [0.1, 0.15) is 12.5 Å². The molecule has 0 aliphatic rings. The molecule has 26 heavy (non-hydrogen) atoms. The number of carbonyl (C=O) groups excluding carboxylic acids is 1. The van der Waals surface area contributed by atoms with Gasteiger partial charge in [-0.3, -0.25) is 9.69 Å². The predicted octanol–water partition coefficient (Wildman–Crippen LogP) is 2.91. The Kier molecular flexibility index (Phi) is 7.47. The summed E-state index contributed by atoms with van der Waals surface area (Å²) < 4.78 is 10.8. The average molecular weight is 353 g/mol. The Morgan fingerprint density at radius 2 is 1.96 bits per heavy atom. The minimum atomic E-state index is -0.0911. The van der Waals surface area contributed by atoms with Crippen molar-refractivity contribution in [2.45, 2.75) is 6.92 Å². The maximum Gasteiger partial charge on any atom is 0.238 e. The third-order valence-corrected chi connectivity index (χ3v) is 3.81. The summed E-state index contributed by atoms with van der Waals surface area (Å²) in [7, 11) is 1.59. The van der Waals surface area contributed by atoms with Crippen molar-refractivity contribution in [3.05, 3.63) is 54.1 Å². The zero-order chi connectivity index (χ0) is 18.8. The highest BCUT2D eigenvalue weighted by atomic mass is 16.5. The van der Waals surface area contributed by atoms with Gasteiger partial charge in [-0.05, 0) is 36.9 Å². The van der Waals surface area contributed by atoms with Crippen molar-refractivity contribution in [1.29, 1.82) is 5.26 Å². The molecule has 0 aliphatic carbocycles. The average Bonchev–Trinajstić information content (AvgIpc) is 2.67. The lowest BCUT2D eigenvalue weighted by atomic mass is 10.2. The number of amides is 1. The lowest BCUT2D eigenvalue weighted by molar-refractivity contribution is -0.117. The van der Waals surface area contributed by atoms with Crippen LogP contribution in [0.4, 0.5) is 5.69 Å². The molecule has 6 heteroatoms. The zero-order valence-corrected chi connectivity index (χ0v) is 15.1. The Hall–Kier alpha value is -3.04. The highest BCUT2D eigenvalue weighted by Gasteiger charge is 2.10. The molecule has 0 unspecified atom stereocenters. The van der Waals surface area contributed by atoms with Crippen LogP contribution in [0.5, 0.6) is 11.5 Å². The standard InChI is InChI=1S/C20H23N3O3/c1-3-23(10-11-26-19-9-4-6-16(12-19)14-21)15-20(24)22-17-7-5-8-18(13-17)25-2/h4-9,12-13H,3,10-11,15H2,1-2H3,(H,22,24). The quantitative estimate of drug-likeness (QED) is 0.750. The van der Waals surface area contributed by atoms with Crippen LogP contribution >= 0.6 is 0 Å². The van der Waals surface area contributed by atoms with Crippen LogP contribution in [0.3, 0.4) is 0 Å². The van der Waals surface area contributed by atoms with Crippen molar-refractivity contribution >= 4 is 11.6 Å². The van der Waals surface area contributed by atoms with Crippen molar-refractivity contribution in [3.8, 4) is 17.6 Å². The summed E-state index contributed by atoms with van der Waals surface area (Å²) in [5, 5.41) is 11.8. The number of benzene rings is 2. The van der Waals surface area contributed by atoms with Gasteiger partial charge in [0.25, 0.3) is 0 Å². The molecule has 0 bridgehead atoms. The minimum absolute atomic E-state index is 0.0911. The van der Waals surface area contributed by atoms with Gasteiger partial charge >= 0.3 is 0 Å². The van der Waals surface area contributed by atoms with E-state index in [1.54, 1.807) is 31.4 Å². The van der Waals surface area contributed by atoms with Gasteiger partial charge in [-0.25, -0.2) is 0 Å². The molecule has 2 rings (SSSR count). The van der Waals surface area contributed by atoms with E-state index in [0.717, 1.165) is 6.54 Å². The molecular formula is C20H23N3O3. The fraction of sp³-hybridized carbons (Fsp3) is 0.300. The van der Waals surface area contributed by atoms with E-state index in [2.05, 4.69) is 11.4 Å². The molecule has 0 radical (unpaired) electrons. The van der Waals surface area contributed by atoms with E-state index in [9.17, 15) is 4.79 Å². The molecule has 0 saturated carbocycles. The summed E-state index contributed by atoms with van der Waals surface area (Å²) in [5.41, 5.74) is 1.27. The summed E-state index contributed by atoms with van der Waals surface area (Å²) in [6.07, 6.45) is 0. The van der Waals surface area contributed by atoms with Crippen LogP contribution in [-0.2, 0) is 4.79 Å². The molecule has 0 saturated heterocycles. The molecule has 2 aromatic rings. The monoisotopic (exact) mass is 353 g/mol. The van der Waals surface area contributed by atoms with Gasteiger partial charge in [0, 0.05) is 18.3 Å². The minimum Gasteiger partial charge on any atom is -0.497 e. The van der Waals surface area contributed by atoms with Crippen molar-refractivity contribution in [1.82, 2.24) is 4.90 Å². The summed E-state index contributed by atoms with van der Waals surface area (Å²) in [4.78, 5) is 14.2. The van der Waals surface area contributed by atoms with Gasteiger partial charge in [0.1, 0.15) is 18.1 Å². The first-order valence-electron chi connectivity index (χ1n) is 8.43. The van der Waals surface area contributed by atoms with Gasteiger partial charge in [-0.1, -0.05) is 19.1 Å². The molecule has 2 aromatic carbocycles. The highest BCUT2D eigenvalue weighted by Crippen LogP contribution is 2.16. The summed E-state index contributed by atoms with van der Waals surface area (Å²) in [5.74, 6) is 1.26. The molecule has 0 aromatic heterocycles. The molecule has 136 valence electrons. The molecule has 0 spiro atoms. The van der Waals surface area contributed by atoms with E-state index in [-0.39, 0.29) is 12.5 Å². The first kappa shape index (κ1) is 19.3. The lowest BCUT2D eigenvalue weighted by Crippen LogP contribution is -2.35. The van der Waals surface area contributed by atoms with E-state index in [0.29, 0.717) is 35.9 Å². The van der Waals surface area contributed by atoms with E-state index in [1.807, 2.05) is 36.1 Å². The predicted molar refractivity (Wildman–Crippen MR) is 100 cm³/mol. The largest absolute Gasteiger partial charge is 0.497 e. The van der Waals surface area contributed by atoms with Gasteiger partial charge in [-0.2, -0.15) is 5.26 Å². The number of anilines is 1. The van der Waals surface area contributed by atoms with Crippen LogP contribution < -0.4 is 14.8 Å². The second-order valence-electron chi connectivity index (χ2n) is 5.64. The molecule has 0 heterocycles. The number of hydrogen-bond donors (Lipinski definition) is 1. The molecule has 1 N–H and O–H groups in total. The first-order valence-corrected chi connectivity index (χ1v) is 8.43. The highest BCUT2D eigenvalue weighted by molar-refractivity contribution is 5.92. The van der Waals surface area contributed by atoms with Gasteiger partial charge in [0.2, 0.25) is 5.91 Å². The number of carbonyl (C=O) groups is 1. The maximum atomic E-state index is 12.2. The zero-order valence-electron chi connectivity index (χ0n) is 15.1. The smallest absolute Gasteiger partial charge is 0.238 e. The van der Waals surface area contributed by atoms with Gasteiger partial charge in [0.15, 0.2) is 0 Å². The number of nitriles is 1. The van der Waals surface area contributed by atoms with Gasteiger partial charge in [0.05, 0.1) is 25.3 Å². The van der Waals surface area contributed by atoms with Crippen LogP contribution in [-0.4, -0.2) is 44.2 Å². The molecule has 0 atom stereocenters. The Bertz CT molecular complexity index is 771. The van der Waals surface area contributed by atoms with Gasteiger partial charge in [-0.15, -0.1) is 0 Å². The Morgan fingerprint density at radius 1 is 1.19 bits per heavy atom. The SMILES string of the molecule is CCN(CCOc1cccc(C#N)c1)CC(=O)Nc1cccc(OC)c1. The number of methoxy groups -OCH3 is 1. The third-order valence-electron chi connectivity index (χ3n) is 3.81. The molecule has 6 nitrogen and oxygen atoms in total. The second kappa shape index (κ2) is 10.1. The van der Waals surface area contributed by atoms with Crippen molar-refractivity contribution < 1.29 is 14.3 Å². The number of likely N-dealkylation sites (N-methyl/N-ethyl adjacent to an activating group) is 1. The van der Waals surface area contributed by atoms with Crippen LogP contribution in [0.15, 0.2) is 48.5 Å². The Balaban J connectivity index is 1.80. The number of rotatable bonds is 9. The van der Waals surface area contributed by atoms with Crippen LogP contribution in [0.2, 0.25) is 0 Å². The second-order valence-corrected chi connectivity index (χ2v) is 5.64. The molecule has 0 aliphatic heterocycles. The summed E-state index contributed by atoms with van der Waals surface area (Å²) >= 11 is 0. The molecular weight excluding hydrogens is 330 g/mol. The number of nitrogens with one attached hydrogen (secondary N) is 1. The maximum absolute atomic E-state index is 12.2. The Labute approximate surface area is 153 Å². The summed E-state index contributed by atoms with van der Waals surface area (Å²) in [6.45, 7) is 4.05. The number of ether oxygens (including phenoxy) is 2. The number of hydrogen-bond acceptors (Lipinski definition) is 5. The van der Waals surface area contributed by atoms with Crippen molar-refractivity contribution in [3.63, 3.8) is 0 Å². The van der Waals surface area contributed by atoms with Crippen LogP contribution in [0, 0.1) is 11.3 Å². The van der Waals surface area contributed by atoms with Crippen LogP contribution in [0.25, 0.3) is 0 Å². The fourth-order valence-electron chi connectivity index (χ4n) is 2.40. The topological polar surface area (TPSA) is 74.6 Å². The molecule has 1 amide bonds. The fourth-order valence-corrected chi connectivity index (χ4v) is 2.40. The van der Waals surface area contributed by atoms with Gasteiger partial charge < -0.3 is 14.8 Å². The van der Waals surface area contributed by atoms with E-state index >= 15 is 0 Å². The van der Waals surface area contributed by atoms with Crippen molar-refractivity contribution in [2.75, 3.05) is 38.7 Å². The number of nitrogens with zero attached hydrogens (tertiary/aromatic N) is 2. The first-order chi connectivity index (χ1) is 12.6. The van der Waals surface area contributed by atoms with E-state index in [4.69, 9.17) is 14.7 Å². The normalized spacial score (nSPS) is 10.2. The Morgan fingerprint density at radius 3 is 2.69 bits per heavy atom. The summed E-state index contributed by atoms with van der Waals surface area (Å²) in [6, 6.07) is 16.4. The lowest BCUT2D eigenvalue weighted by Gasteiger charge is -2.20. The van der Waals surface area contributed by atoms with E-state index < -0.39 is 0 Å². The van der Waals surface area contributed by atoms with E-state index in [1.165, 1.54) is 0 Å². The third kappa shape index (κ3) is 6.11. The molecule has 0 fully saturated rings.